The van der Waals surface area contributed by atoms with E-state index >= 15 is 0 Å². The Morgan fingerprint density at radius 3 is 1.67 bits per heavy atom. The molecule has 0 radical (unpaired) electrons. The lowest BCUT2D eigenvalue weighted by molar-refractivity contribution is 0.104. The smallest absolute Gasteiger partial charge is 0.233 e. The van der Waals surface area contributed by atoms with Gasteiger partial charge in [0.1, 0.15) is 0 Å². The zero-order valence-electron chi connectivity index (χ0n) is 21.0. The minimum Gasteiger partial charge on any atom is -0.461 e. The van der Waals surface area contributed by atoms with Crippen molar-refractivity contribution in [3.8, 4) is 0 Å². The van der Waals surface area contributed by atoms with Gasteiger partial charge in [-0.2, -0.15) is 0 Å². The monoisotopic (exact) mass is 528 g/mol. The number of carbonyl (C=O) groups excluding carboxylic acids is 1. The Kier molecular flexibility index (Phi) is 6.86. The van der Waals surface area contributed by atoms with Crippen molar-refractivity contribution in [1.82, 2.24) is 20.2 Å². The van der Waals surface area contributed by atoms with Crippen LogP contribution in [0, 0.1) is 0 Å². The van der Waals surface area contributed by atoms with Crippen molar-refractivity contribution in [3.05, 3.63) is 157 Å². The highest BCUT2D eigenvalue weighted by Crippen LogP contribution is 2.48. The van der Waals surface area contributed by atoms with Crippen LogP contribution in [0.2, 0.25) is 0 Å². The van der Waals surface area contributed by atoms with Crippen LogP contribution in [0.15, 0.2) is 144 Å². The predicted octanol–water partition coefficient (Wildman–Crippen LogP) is 4.71. The molecule has 0 saturated carbocycles. The summed E-state index contributed by atoms with van der Waals surface area (Å²) in [6.45, 7) is -2.42. The highest BCUT2D eigenvalue weighted by atomic mass is 31.2. The minimum absolute atomic E-state index is 0.242. The molecule has 6 aromatic rings. The highest BCUT2D eigenvalue weighted by Gasteiger charge is 2.37. The second-order valence-electron chi connectivity index (χ2n) is 8.98. The van der Waals surface area contributed by atoms with E-state index in [0.717, 1.165) is 21.5 Å². The average Bonchev–Trinajstić information content (AvgIpc) is 3.71. The maximum absolute atomic E-state index is 14.7. The number of hydrogen-bond acceptors (Lipinski definition) is 5. The first kappa shape index (κ1) is 24.5. The van der Waals surface area contributed by atoms with Crippen LogP contribution in [-0.2, 0) is 6.54 Å². The van der Waals surface area contributed by atoms with E-state index < -0.39 is 6.89 Å². The first-order chi connectivity index (χ1) is 19.3. The largest absolute Gasteiger partial charge is 0.461 e. The molecule has 0 unspecified atom stereocenters. The standard InChI is InChI=1S/C32H25N4O2P/c37-30(29-22-13-23-38-29)31(32-33-34-35-36(32)24-25-14-5-1-6-15-25)39(26-16-7-2-8-17-26,27-18-9-3-10-19-27)28-20-11-4-12-21-28/h1-23H,24H2. The van der Waals surface area contributed by atoms with Crippen molar-refractivity contribution in [3.63, 3.8) is 0 Å². The van der Waals surface area contributed by atoms with E-state index in [9.17, 15) is 4.79 Å². The van der Waals surface area contributed by atoms with Gasteiger partial charge in [0, 0.05) is 0 Å². The summed E-state index contributed by atoms with van der Waals surface area (Å²) in [5.41, 5.74) is 1.03. The summed E-state index contributed by atoms with van der Waals surface area (Å²) < 4.78 is 7.42. The van der Waals surface area contributed by atoms with Gasteiger partial charge in [0.05, 0.1) is 18.1 Å². The Morgan fingerprint density at radius 1 is 0.667 bits per heavy atom. The zero-order chi connectivity index (χ0) is 26.5. The van der Waals surface area contributed by atoms with Crippen molar-refractivity contribution in [2.24, 2.45) is 0 Å². The van der Waals surface area contributed by atoms with Gasteiger partial charge < -0.3 is 4.42 Å². The van der Waals surface area contributed by atoms with Gasteiger partial charge in [-0.1, -0.05) is 121 Å². The third-order valence-electron chi connectivity index (χ3n) is 6.64. The van der Waals surface area contributed by atoms with Crippen LogP contribution < -0.4 is 15.9 Å². The molecule has 2 heterocycles. The van der Waals surface area contributed by atoms with E-state index in [1.807, 2.05) is 84.9 Å². The van der Waals surface area contributed by atoms with Crippen molar-refractivity contribution >= 4 is 33.9 Å². The number of Topliss-reactive ketones (excluding diaryl/α,β-unsaturated/α-hetero) is 1. The van der Waals surface area contributed by atoms with Crippen LogP contribution in [0.3, 0.4) is 0 Å². The molecule has 0 atom stereocenters. The van der Waals surface area contributed by atoms with E-state index in [2.05, 4.69) is 51.9 Å². The van der Waals surface area contributed by atoms with E-state index in [0.29, 0.717) is 17.7 Å². The summed E-state index contributed by atoms with van der Waals surface area (Å²) in [5.74, 6) is 0.422. The highest BCUT2D eigenvalue weighted by molar-refractivity contribution is 7.96. The molecule has 6 nitrogen and oxygen atoms in total. The van der Waals surface area contributed by atoms with Gasteiger partial charge >= 0.3 is 0 Å². The first-order valence-corrected chi connectivity index (χ1v) is 14.4. The number of rotatable bonds is 8. The maximum atomic E-state index is 14.7. The number of nitrogens with zero attached hydrogens (tertiary/aromatic N) is 4. The Balaban J connectivity index is 1.80. The summed E-state index contributed by atoms with van der Waals surface area (Å²) >= 11 is 0. The topological polar surface area (TPSA) is 73.8 Å². The third-order valence-corrected chi connectivity index (χ3v) is 10.9. The average molecular weight is 529 g/mol. The fourth-order valence-corrected chi connectivity index (χ4v) is 9.36. The minimum atomic E-state index is -2.84. The second-order valence-corrected chi connectivity index (χ2v) is 12.3. The molecule has 0 aliphatic carbocycles. The number of aromatic nitrogens is 4. The number of ketones is 1. The quantitative estimate of drug-likeness (QED) is 0.211. The van der Waals surface area contributed by atoms with E-state index in [1.165, 1.54) is 6.26 Å². The lowest BCUT2D eigenvalue weighted by Crippen LogP contribution is -2.35. The molecule has 6 rings (SSSR count). The normalized spacial score (nSPS) is 11.3. The van der Waals surface area contributed by atoms with E-state index in [4.69, 9.17) is 4.42 Å². The summed E-state index contributed by atoms with van der Waals surface area (Å²) in [6.07, 6.45) is 1.52. The van der Waals surface area contributed by atoms with Crippen LogP contribution >= 0.6 is 6.89 Å². The molecule has 0 aliphatic heterocycles. The van der Waals surface area contributed by atoms with Crippen LogP contribution in [0.25, 0.3) is 0 Å². The molecule has 0 N–H and O–H groups in total. The zero-order valence-corrected chi connectivity index (χ0v) is 21.9. The second kappa shape index (κ2) is 10.9. The molecular formula is C32H25N4O2P. The number of tetrazole rings is 1. The molecule has 0 aliphatic rings. The molecule has 7 heteroatoms. The number of benzene rings is 4. The van der Waals surface area contributed by atoms with Crippen molar-refractivity contribution in [1.29, 1.82) is 0 Å². The van der Waals surface area contributed by atoms with Gasteiger partial charge in [0.2, 0.25) is 5.78 Å². The number of furan rings is 1. The van der Waals surface area contributed by atoms with Crippen LogP contribution in [0.1, 0.15) is 21.9 Å². The molecule has 0 amide bonds. The lowest BCUT2D eigenvalue weighted by atomic mass is 10.2. The first-order valence-electron chi connectivity index (χ1n) is 12.6. The van der Waals surface area contributed by atoms with Gasteiger partial charge in [-0.3, -0.25) is 4.79 Å². The Bertz CT molecular complexity index is 1630. The molecular weight excluding hydrogens is 503 g/mol. The van der Waals surface area contributed by atoms with Gasteiger partial charge in [-0.25, -0.2) is 4.68 Å². The predicted molar refractivity (Wildman–Crippen MR) is 156 cm³/mol. The molecule has 0 spiro atoms. The molecule has 4 aromatic carbocycles. The molecule has 190 valence electrons. The number of hydrogen-bond donors (Lipinski definition) is 0. The SMILES string of the molecule is O=C(C(c1nnnn1Cc1ccccc1)=P(c1ccccc1)(c1ccccc1)c1ccccc1)c1ccco1. The van der Waals surface area contributed by atoms with Crippen molar-refractivity contribution in [2.75, 3.05) is 0 Å². The fourth-order valence-electron chi connectivity index (χ4n) is 4.95. The Hall–Kier alpha value is -4.80. The summed E-state index contributed by atoms with van der Waals surface area (Å²) in [5, 5.41) is 16.5. The number of carbonyl (C=O) groups is 1. The third kappa shape index (κ3) is 4.56. The van der Waals surface area contributed by atoms with Crippen molar-refractivity contribution < 1.29 is 9.21 Å². The fraction of sp³-hybridized carbons (Fsp3) is 0.0312. The van der Waals surface area contributed by atoms with E-state index in [-0.39, 0.29) is 11.5 Å². The Morgan fingerprint density at radius 2 is 1.18 bits per heavy atom. The van der Waals surface area contributed by atoms with Gasteiger partial charge in [-0.05, 0) is 50.9 Å². The van der Waals surface area contributed by atoms with Crippen LogP contribution in [-0.4, -0.2) is 31.3 Å². The van der Waals surface area contributed by atoms with E-state index in [1.54, 1.807) is 16.8 Å². The van der Waals surface area contributed by atoms with Gasteiger partial charge in [-0.15, -0.1) is 5.10 Å². The summed E-state index contributed by atoms with van der Waals surface area (Å²) in [4.78, 5) is 14.7. The maximum Gasteiger partial charge on any atom is 0.233 e. The summed E-state index contributed by atoms with van der Waals surface area (Å²) in [6, 6.07) is 44.0. The Labute approximate surface area is 226 Å². The van der Waals surface area contributed by atoms with Gasteiger partial charge in [0.15, 0.2) is 11.6 Å². The molecule has 2 aromatic heterocycles. The summed E-state index contributed by atoms with van der Waals surface area (Å²) in [7, 11) is 0. The van der Waals surface area contributed by atoms with Crippen LogP contribution in [0.5, 0.6) is 0 Å². The van der Waals surface area contributed by atoms with Gasteiger partial charge in [0.25, 0.3) is 0 Å². The van der Waals surface area contributed by atoms with Crippen molar-refractivity contribution in [2.45, 2.75) is 6.54 Å². The lowest BCUT2D eigenvalue weighted by Gasteiger charge is -2.31. The van der Waals surface area contributed by atoms with Crippen LogP contribution in [0.4, 0.5) is 0 Å². The molecule has 0 fully saturated rings. The molecule has 0 saturated heterocycles. The molecule has 0 bridgehead atoms. The molecule has 39 heavy (non-hydrogen) atoms.